The minimum Gasteiger partial charge on any atom is -0.457 e. The van der Waals surface area contributed by atoms with Crippen LogP contribution in [0.25, 0.3) is 5.69 Å². The maximum atomic E-state index is 6.08. The molecule has 25 heavy (non-hydrogen) atoms. The topological polar surface area (TPSA) is 55.2 Å². The Bertz CT molecular complexity index is 898. The molecule has 0 saturated carbocycles. The Morgan fingerprint density at radius 1 is 1.08 bits per heavy atom. The van der Waals surface area contributed by atoms with Gasteiger partial charge >= 0.3 is 0 Å². The van der Waals surface area contributed by atoms with Gasteiger partial charge < -0.3 is 9.64 Å². The van der Waals surface area contributed by atoms with Crippen LogP contribution in [-0.4, -0.2) is 27.5 Å². The Morgan fingerprint density at radius 3 is 2.88 bits per heavy atom. The van der Waals surface area contributed by atoms with Crippen molar-refractivity contribution in [3.8, 4) is 17.2 Å². The Kier molecular flexibility index (Phi) is 3.61. The van der Waals surface area contributed by atoms with Gasteiger partial charge in [-0.25, -0.2) is 4.72 Å². The van der Waals surface area contributed by atoms with Gasteiger partial charge in [-0.3, -0.25) is 4.57 Å². The molecular weight excluding hydrogens is 334 g/mol. The Balaban J connectivity index is 1.41. The molecule has 1 atom stereocenters. The third kappa shape index (κ3) is 2.75. The average Bonchev–Trinajstić information content (AvgIpc) is 3.33. The number of ether oxygens (including phenoxy) is 1. The molecule has 1 unspecified atom stereocenters. The molecule has 6 nitrogen and oxygen atoms in total. The highest BCUT2D eigenvalue weighted by Gasteiger charge is 2.30. The second kappa shape index (κ2) is 6.09. The van der Waals surface area contributed by atoms with Gasteiger partial charge in [-0.2, -0.15) is 0 Å². The third-order valence-corrected chi connectivity index (χ3v) is 5.51. The molecule has 126 valence electrons. The van der Waals surface area contributed by atoms with Crippen LogP contribution in [0, 0.1) is 0 Å². The number of hydrogen-bond acceptors (Lipinski definition) is 6. The second-order valence-corrected chi connectivity index (χ2v) is 7.05. The minimum absolute atomic E-state index is 0.463. The molecule has 1 N–H and O–H groups in total. The zero-order valence-electron chi connectivity index (χ0n) is 13.5. The van der Waals surface area contributed by atoms with Crippen LogP contribution in [-0.2, 0) is 0 Å². The first-order valence-electron chi connectivity index (χ1n) is 8.33. The van der Waals surface area contributed by atoms with Gasteiger partial charge in [-0.1, -0.05) is 6.07 Å². The summed E-state index contributed by atoms with van der Waals surface area (Å²) < 4.78 is 11.5. The van der Waals surface area contributed by atoms with Gasteiger partial charge in [-0.05, 0) is 55.1 Å². The Hall–Kier alpha value is -2.51. The van der Waals surface area contributed by atoms with Crippen LogP contribution < -0.4 is 14.4 Å². The molecule has 0 bridgehead atoms. The fourth-order valence-corrected chi connectivity index (χ4v) is 4.34. The molecule has 2 aliphatic heterocycles. The van der Waals surface area contributed by atoms with E-state index < -0.39 is 0 Å². The van der Waals surface area contributed by atoms with E-state index >= 15 is 0 Å². The summed E-state index contributed by atoms with van der Waals surface area (Å²) in [6, 6.07) is 14.2. The molecule has 0 aliphatic carbocycles. The van der Waals surface area contributed by atoms with Crippen molar-refractivity contribution in [1.82, 2.24) is 19.5 Å². The summed E-state index contributed by atoms with van der Waals surface area (Å²) in [5, 5.41) is 7.69. The van der Waals surface area contributed by atoms with Crippen molar-refractivity contribution in [2.24, 2.45) is 0 Å². The lowest BCUT2D eigenvalue weighted by Crippen LogP contribution is -2.41. The Labute approximate surface area is 150 Å². The summed E-state index contributed by atoms with van der Waals surface area (Å²) in [5.74, 6) is 1.63. The monoisotopic (exact) mass is 351 g/mol. The van der Waals surface area contributed by atoms with Crippen molar-refractivity contribution < 1.29 is 4.74 Å². The highest BCUT2D eigenvalue weighted by Crippen LogP contribution is 2.40. The maximum Gasteiger partial charge on any atom is 0.129 e. The highest BCUT2D eigenvalue weighted by molar-refractivity contribution is 7.97. The summed E-state index contributed by atoms with van der Waals surface area (Å²) >= 11 is 1.70. The van der Waals surface area contributed by atoms with Crippen molar-refractivity contribution in [1.29, 1.82) is 0 Å². The minimum atomic E-state index is 0.463. The normalized spacial score (nSPS) is 18.7. The molecule has 1 fully saturated rings. The van der Waals surface area contributed by atoms with Crippen LogP contribution in [0.4, 0.5) is 5.69 Å². The Morgan fingerprint density at radius 2 is 1.96 bits per heavy atom. The lowest BCUT2D eigenvalue weighted by Gasteiger charge is -2.33. The second-order valence-electron chi connectivity index (χ2n) is 6.17. The lowest BCUT2D eigenvalue weighted by atomic mass is 10.2. The summed E-state index contributed by atoms with van der Waals surface area (Å²) in [4.78, 5) is 3.66. The largest absolute Gasteiger partial charge is 0.457 e. The number of fused-ring (bicyclic) bond motifs is 3. The van der Waals surface area contributed by atoms with Crippen molar-refractivity contribution in [3.63, 3.8) is 0 Å². The van der Waals surface area contributed by atoms with E-state index in [0.29, 0.717) is 6.17 Å². The number of hydrogen-bond donors (Lipinski definition) is 1. The number of rotatable bonds is 3. The zero-order valence-corrected chi connectivity index (χ0v) is 14.3. The molecule has 2 aliphatic rings. The number of aromatic nitrogens is 3. The molecule has 7 heteroatoms. The van der Waals surface area contributed by atoms with Crippen molar-refractivity contribution in [2.45, 2.75) is 23.9 Å². The summed E-state index contributed by atoms with van der Waals surface area (Å²) in [5.41, 5.74) is 2.27. The fourth-order valence-electron chi connectivity index (χ4n) is 3.36. The van der Waals surface area contributed by atoms with E-state index in [1.54, 1.807) is 24.6 Å². The molecule has 2 aromatic carbocycles. The van der Waals surface area contributed by atoms with Gasteiger partial charge in [0.1, 0.15) is 24.2 Å². The summed E-state index contributed by atoms with van der Waals surface area (Å²) in [6.45, 7) is 1.12. The molecule has 5 rings (SSSR count). The summed E-state index contributed by atoms with van der Waals surface area (Å²) in [7, 11) is 0. The fraction of sp³-hybridized carbons (Fsp3) is 0.222. The SMILES string of the molecule is c1cc(Oc2ccc3c(c2)SNC2CCCN32)cc(-n2cnnc2)c1. The van der Waals surface area contributed by atoms with E-state index in [1.807, 2.05) is 34.9 Å². The number of anilines is 1. The van der Waals surface area contributed by atoms with Crippen LogP contribution >= 0.6 is 11.9 Å². The number of benzene rings is 2. The van der Waals surface area contributed by atoms with Gasteiger partial charge in [0.05, 0.1) is 17.5 Å². The van der Waals surface area contributed by atoms with Crippen molar-refractivity contribution in [2.75, 3.05) is 11.4 Å². The van der Waals surface area contributed by atoms with E-state index in [2.05, 4.69) is 32.0 Å². The molecule has 3 aromatic rings. The average molecular weight is 351 g/mol. The van der Waals surface area contributed by atoms with Gasteiger partial charge in [0.15, 0.2) is 0 Å². The predicted molar refractivity (Wildman–Crippen MR) is 97.2 cm³/mol. The third-order valence-electron chi connectivity index (χ3n) is 4.57. The van der Waals surface area contributed by atoms with E-state index in [-0.39, 0.29) is 0 Å². The van der Waals surface area contributed by atoms with Crippen LogP contribution in [0.3, 0.4) is 0 Å². The molecule has 3 heterocycles. The molecule has 0 spiro atoms. The van der Waals surface area contributed by atoms with Crippen molar-refractivity contribution >= 4 is 17.6 Å². The molecule has 1 saturated heterocycles. The lowest BCUT2D eigenvalue weighted by molar-refractivity contribution is 0.480. The van der Waals surface area contributed by atoms with Crippen LogP contribution in [0.1, 0.15) is 12.8 Å². The summed E-state index contributed by atoms with van der Waals surface area (Å²) in [6.07, 6.45) is 6.26. The van der Waals surface area contributed by atoms with E-state index in [4.69, 9.17) is 4.74 Å². The van der Waals surface area contributed by atoms with E-state index in [1.165, 1.54) is 23.4 Å². The zero-order chi connectivity index (χ0) is 16.6. The number of nitrogens with one attached hydrogen (secondary N) is 1. The van der Waals surface area contributed by atoms with Crippen LogP contribution in [0.5, 0.6) is 11.5 Å². The maximum absolute atomic E-state index is 6.08. The van der Waals surface area contributed by atoms with Gasteiger partial charge in [0.25, 0.3) is 0 Å². The first kappa shape index (κ1) is 14.8. The first-order valence-corrected chi connectivity index (χ1v) is 9.14. The first-order chi connectivity index (χ1) is 12.4. The molecule has 1 aromatic heterocycles. The van der Waals surface area contributed by atoms with Gasteiger partial charge in [-0.15, -0.1) is 10.2 Å². The smallest absolute Gasteiger partial charge is 0.129 e. The van der Waals surface area contributed by atoms with Crippen molar-refractivity contribution in [3.05, 3.63) is 55.1 Å². The van der Waals surface area contributed by atoms with Crippen LogP contribution in [0.2, 0.25) is 0 Å². The van der Waals surface area contributed by atoms with E-state index in [9.17, 15) is 0 Å². The highest BCUT2D eigenvalue weighted by atomic mass is 32.2. The molecule has 0 radical (unpaired) electrons. The van der Waals surface area contributed by atoms with Crippen LogP contribution in [0.15, 0.2) is 60.0 Å². The van der Waals surface area contributed by atoms with E-state index in [0.717, 1.165) is 23.7 Å². The van der Waals surface area contributed by atoms with Gasteiger partial charge in [0.2, 0.25) is 0 Å². The van der Waals surface area contributed by atoms with Gasteiger partial charge in [0, 0.05) is 17.5 Å². The quantitative estimate of drug-likeness (QED) is 0.728. The molecular formula is C18H17N5OS. The predicted octanol–water partition coefficient (Wildman–Crippen LogP) is 3.60. The molecule has 0 amide bonds. The number of nitrogens with zero attached hydrogens (tertiary/aromatic N) is 4. The standard InChI is InChI=1S/C18H17N5OS/c1-3-13(22-11-19-20-12-22)9-14(4-1)24-15-6-7-16-17(10-15)25-21-18-5-2-8-23(16)18/h1,3-4,6-7,9-12,18,21H,2,5,8H2.